The summed E-state index contributed by atoms with van der Waals surface area (Å²) in [4.78, 5) is 15.0. The van der Waals surface area contributed by atoms with Crippen LogP contribution in [-0.4, -0.2) is 62.9 Å². The molecule has 8 nitrogen and oxygen atoms in total. The van der Waals surface area contributed by atoms with Crippen LogP contribution >= 0.6 is 0 Å². The molecule has 0 amide bonds. The number of piperazine rings is 1. The van der Waals surface area contributed by atoms with Crippen LogP contribution in [0.5, 0.6) is 11.5 Å². The Morgan fingerprint density at radius 3 is 2.64 bits per heavy atom. The maximum absolute atomic E-state index is 10.9. The molecule has 0 unspecified atom stereocenters. The van der Waals surface area contributed by atoms with Gasteiger partial charge in [-0.05, 0) is 31.3 Å². The zero-order valence-corrected chi connectivity index (χ0v) is 16.2. The standard InChI is InChI=1S/C20H26N4O4/c1-22-11-12-23(16-6-8-17(9-7-16)24(25)26)20(15-22)21-10-13-28-19-5-3-4-18(14-19)27-2/h3-9,14,20-21H,10-13,15H2,1-2H3/t20-/m0/s1. The third-order valence-corrected chi connectivity index (χ3v) is 4.77. The molecule has 1 atom stereocenters. The van der Waals surface area contributed by atoms with Crippen LogP contribution in [0.4, 0.5) is 11.4 Å². The Morgan fingerprint density at radius 1 is 1.18 bits per heavy atom. The average Bonchev–Trinajstić information content (AvgIpc) is 2.71. The number of nitro groups is 1. The number of benzene rings is 2. The fraction of sp³-hybridized carbons (Fsp3) is 0.400. The Morgan fingerprint density at radius 2 is 1.93 bits per heavy atom. The van der Waals surface area contributed by atoms with Gasteiger partial charge in [-0.15, -0.1) is 0 Å². The summed E-state index contributed by atoms with van der Waals surface area (Å²) in [5, 5.41) is 14.4. The second kappa shape index (κ2) is 9.38. The van der Waals surface area contributed by atoms with Gasteiger partial charge in [0.2, 0.25) is 0 Å². The monoisotopic (exact) mass is 386 g/mol. The summed E-state index contributed by atoms with van der Waals surface area (Å²) in [6.45, 7) is 3.86. The van der Waals surface area contributed by atoms with Crippen molar-refractivity contribution in [3.8, 4) is 11.5 Å². The number of likely N-dealkylation sites (N-methyl/N-ethyl adjacent to an activating group) is 1. The van der Waals surface area contributed by atoms with E-state index >= 15 is 0 Å². The van der Waals surface area contributed by atoms with Crippen molar-refractivity contribution < 1.29 is 14.4 Å². The minimum absolute atomic E-state index is 0.106. The number of nitrogens with one attached hydrogen (secondary N) is 1. The summed E-state index contributed by atoms with van der Waals surface area (Å²) in [5.74, 6) is 1.54. The SMILES string of the molecule is COc1cccc(OCCN[C@@H]2CN(C)CCN2c2ccc([N+](=O)[O-])cc2)c1. The fourth-order valence-electron chi connectivity index (χ4n) is 3.25. The number of ether oxygens (including phenoxy) is 2. The van der Waals surface area contributed by atoms with Crippen LogP contribution in [-0.2, 0) is 0 Å². The van der Waals surface area contributed by atoms with E-state index in [4.69, 9.17) is 9.47 Å². The van der Waals surface area contributed by atoms with Gasteiger partial charge in [0.15, 0.2) is 0 Å². The lowest BCUT2D eigenvalue weighted by Gasteiger charge is -2.42. The highest BCUT2D eigenvalue weighted by atomic mass is 16.6. The van der Waals surface area contributed by atoms with E-state index in [0.29, 0.717) is 13.2 Å². The Hall–Kier alpha value is -2.84. The molecule has 8 heteroatoms. The molecule has 0 saturated carbocycles. The van der Waals surface area contributed by atoms with E-state index in [0.717, 1.165) is 36.8 Å². The second-order valence-electron chi connectivity index (χ2n) is 6.73. The Labute approximate surface area is 164 Å². The third kappa shape index (κ3) is 5.11. The van der Waals surface area contributed by atoms with Gasteiger partial charge >= 0.3 is 0 Å². The maximum atomic E-state index is 10.9. The van der Waals surface area contributed by atoms with Crippen LogP contribution in [0, 0.1) is 10.1 Å². The Kier molecular flexibility index (Phi) is 6.67. The van der Waals surface area contributed by atoms with E-state index in [2.05, 4.69) is 22.2 Å². The van der Waals surface area contributed by atoms with Crippen LogP contribution in [0.2, 0.25) is 0 Å². The van der Waals surface area contributed by atoms with Crippen molar-refractivity contribution in [2.45, 2.75) is 6.17 Å². The highest BCUT2D eigenvalue weighted by molar-refractivity contribution is 5.52. The highest BCUT2D eigenvalue weighted by Crippen LogP contribution is 2.23. The van der Waals surface area contributed by atoms with Gasteiger partial charge in [-0.25, -0.2) is 0 Å². The molecule has 0 aromatic heterocycles. The van der Waals surface area contributed by atoms with E-state index in [1.54, 1.807) is 19.2 Å². The molecular formula is C20H26N4O4. The predicted molar refractivity (Wildman–Crippen MR) is 108 cm³/mol. The van der Waals surface area contributed by atoms with Gasteiger partial charge in [-0.1, -0.05) is 6.07 Å². The zero-order valence-electron chi connectivity index (χ0n) is 16.2. The topological polar surface area (TPSA) is 80.1 Å². The minimum Gasteiger partial charge on any atom is -0.497 e. The Bertz CT molecular complexity index is 784. The molecule has 1 saturated heterocycles. The van der Waals surface area contributed by atoms with Crippen LogP contribution in [0.3, 0.4) is 0 Å². The maximum Gasteiger partial charge on any atom is 0.269 e. The first kappa shape index (κ1) is 19.9. The van der Waals surface area contributed by atoms with Crippen LogP contribution in [0.25, 0.3) is 0 Å². The molecule has 2 aromatic rings. The molecule has 28 heavy (non-hydrogen) atoms. The predicted octanol–water partition coefficient (Wildman–Crippen LogP) is 2.35. The molecule has 150 valence electrons. The molecule has 0 spiro atoms. The van der Waals surface area contributed by atoms with Gasteiger partial charge in [0.05, 0.1) is 18.2 Å². The van der Waals surface area contributed by atoms with E-state index in [9.17, 15) is 10.1 Å². The zero-order chi connectivity index (χ0) is 19.9. The van der Waals surface area contributed by atoms with Gasteiger partial charge in [-0.3, -0.25) is 15.4 Å². The normalized spacial score (nSPS) is 17.4. The van der Waals surface area contributed by atoms with Gasteiger partial charge in [-0.2, -0.15) is 0 Å². The van der Waals surface area contributed by atoms with E-state index in [1.165, 1.54) is 0 Å². The van der Waals surface area contributed by atoms with E-state index < -0.39 is 0 Å². The first-order valence-electron chi connectivity index (χ1n) is 9.26. The van der Waals surface area contributed by atoms with Crippen molar-refractivity contribution in [3.63, 3.8) is 0 Å². The molecule has 3 rings (SSSR count). The van der Waals surface area contributed by atoms with Crippen molar-refractivity contribution in [2.24, 2.45) is 0 Å². The second-order valence-corrected chi connectivity index (χ2v) is 6.73. The summed E-state index contributed by atoms with van der Waals surface area (Å²) in [7, 11) is 3.72. The van der Waals surface area contributed by atoms with Crippen LogP contribution in [0.15, 0.2) is 48.5 Å². The number of methoxy groups -OCH3 is 1. The molecule has 1 aliphatic heterocycles. The lowest BCUT2D eigenvalue weighted by molar-refractivity contribution is -0.384. The van der Waals surface area contributed by atoms with Crippen molar-refractivity contribution in [1.82, 2.24) is 10.2 Å². The molecule has 0 bridgehead atoms. The molecule has 0 radical (unpaired) electrons. The van der Waals surface area contributed by atoms with Crippen molar-refractivity contribution in [3.05, 3.63) is 58.6 Å². The molecular weight excluding hydrogens is 360 g/mol. The molecule has 1 fully saturated rings. The smallest absolute Gasteiger partial charge is 0.269 e. The number of hydrogen-bond donors (Lipinski definition) is 1. The van der Waals surface area contributed by atoms with Crippen LogP contribution in [0.1, 0.15) is 0 Å². The van der Waals surface area contributed by atoms with Gasteiger partial charge in [0, 0.05) is 50.1 Å². The lowest BCUT2D eigenvalue weighted by atomic mass is 10.2. The summed E-state index contributed by atoms with van der Waals surface area (Å²) in [5.41, 5.74) is 1.08. The molecule has 1 N–H and O–H groups in total. The third-order valence-electron chi connectivity index (χ3n) is 4.77. The van der Waals surface area contributed by atoms with Crippen molar-refractivity contribution in [2.75, 3.05) is 51.8 Å². The number of non-ortho nitro benzene ring substituents is 1. The van der Waals surface area contributed by atoms with Gasteiger partial charge < -0.3 is 19.3 Å². The highest BCUT2D eigenvalue weighted by Gasteiger charge is 2.25. The average molecular weight is 386 g/mol. The first-order valence-corrected chi connectivity index (χ1v) is 9.26. The number of nitro benzene ring substituents is 1. The molecule has 0 aliphatic carbocycles. The quantitative estimate of drug-likeness (QED) is 0.424. The molecule has 1 aliphatic rings. The summed E-state index contributed by atoms with van der Waals surface area (Å²) in [6.07, 6.45) is 0.106. The Balaban J connectivity index is 1.57. The van der Waals surface area contributed by atoms with Crippen molar-refractivity contribution in [1.29, 1.82) is 0 Å². The summed E-state index contributed by atoms with van der Waals surface area (Å²) < 4.78 is 11.0. The lowest BCUT2D eigenvalue weighted by Crippen LogP contribution is -2.59. The number of nitrogens with zero attached hydrogens (tertiary/aromatic N) is 3. The number of anilines is 1. The summed E-state index contributed by atoms with van der Waals surface area (Å²) >= 11 is 0. The molecule has 2 aromatic carbocycles. The first-order chi connectivity index (χ1) is 13.6. The largest absolute Gasteiger partial charge is 0.497 e. The fourth-order valence-corrected chi connectivity index (χ4v) is 3.25. The number of hydrogen-bond acceptors (Lipinski definition) is 7. The van der Waals surface area contributed by atoms with E-state index in [1.807, 2.05) is 36.4 Å². The van der Waals surface area contributed by atoms with Gasteiger partial charge in [0.1, 0.15) is 18.1 Å². The van der Waals surface area contributed by atoms with Crippen LogP contribution < -0.4 is 19.7 Å². The van der Waals surface area contributed by atoms with Gasteiger partial charge in [0.25, 0.3) is 5.69 Å². The van der Waals surface area contributed by atoms with E-state index in [-0.39, 0.29) is 16.8 Å². The summed E-state index contributed by atoms with van der Waals surface area (Å²) in [6, 6.07) is 14.3. The molecule has 1 heterocycles. The minimum atomic E-state index is -0.376. The number of rotatable bonds is 8. The van der Waals surface area contributed by atoms with Crippen molar-refractivity contribution >= 4 is 11.4 Å².